The summed E-state index contributed by atoms with van der Waals surface area (Å²) in [6, 6.07) is 18.2. The highest BCUT2D eigenvalue weighted by Crippen LogP contribution is 2.66. The third-order valence-electron chi connectivity index (χ3n) is 8.95. The van der Waals surface area contributed by atoms with E-state index in [1.807, 2.05) is 74.5 Å². The van der Waals surface area contributed by atoms with Crippen LogP contribution >= 0.6 is 11.8 Å². The molecule has 3 aliphatic rings. The summed E-state index contributed by atoms with van der Waals surface area (Å²) >= 11 is 1.66. The Morgan fingerprint density at radius 2 is 1.62 bits per heavy atom. The van der Waals surface area contributed by atoms with Gasteiger partial charge in [-0.1, -0.05) is 81.4 Å². The van der Waals surface area contributed by atoms with Gasteiger partial charge in [-0.05, 0) is 56.1 Å². The molecule has 3 N–H and O–H groups in total. The number of rotatable bonds is 10. The van der Waals surface area contributed by atoms with Crippen LogP contribution < -0.4 is 10.6 Å². The molecule has 226 valence electrons. The molecule has 3 saturated heterocycles. The minimum Gasteiger partial charge on any atom is -0.394 e. The smallest absolute Gasteiger partial charge is 0.244 e. The monoisotopic (exact) mass is 591 g/mol. The number of likely N-dealkylation sites (tertiary alicyclic amines) is 1. The molecule has 0 radical (unpaired) electrons. The summed E-state index contributed by atoms with van der Waals surface area (Å²) in [6.45, 7) is 10.6. The Balaban J connectivity index is 1.48. The van der Waals surface area contributed by atoms with Crippen molar-refractivity contribution in [2.45, 2.75) is 94.5 Å². The number of carbonyl (C=O) groups excluding carboxylic acids is 3. The average Bonchev–Trinajstić information content (AvgIpc) is 3.57. The highest BCUT2D eigenvalue weighted by molar-refractivity contribution is 8.02. The topological polar surface area (TPSA) is 98.7 Å². The number of hydrogen-bond acceptors (Lipinski definition) is 5. The quantitative estimate of drug-likeness (QED) is 0.382. The second-order valence-corrected chi connectivity index (χ2v) is 15.7. The number of fused-ring (bicyclic) bond motifs is 1. The molecule has 1 spiro atoms. The fraction of sp³-hybridized carbons (Fsp3) is 0.559. The third-order valence-corrected chi connectivity index (χ3v) is 10.9. The summed E-state index contributed by atoms with van der Waals surface area (Å²) in [7, 11) is 0. The number of amides is 3. The zero-order chi connectivity index (χ0) is 30.3. The lowest BCUT2D eigenvalue weighted by Crippen LogP contribution is -2.60. The van der Waals surface area contributed by atoms with Crippen LogP contribution in [0.5, 0.6) is 0 Å². The molecule has 0 saturated carbocycles. The minimum atomic E-state index is -0.767. The van der Waals surface area contributed by atoms with Gasteiger partial charge >= 0.3 is 0 Å². The van der Waals surface area contributed by atoms with Crippen LogP contribution in [0.3, 0.4) is 0 Å². The third kappa shape index (κ3) is 5.98. The Morgan fingerprint density at radius 1 is 1.00 bits per heavy atom. The second-order valence-electron chi connectivity index (χ2n) is 14.1. The Labute approximate surface area is 254 Å². The molecule has 0 aliphatic carbocycles. The highest BCUT2D eigenvalue weighted by atomic mass is 32.2. The summed E-state index contributed by atoms with van der Waals surface area (Å²) < 4.78 is -0.706. The van der Waals surface area contributed by atoms with E-state index in [1.54, 1.807) is 16.7 Å². The fourth-order valence-corrected chi connectivity index (χ4v) is 10.1. The Bertz CT molecular complexity index is 1290. The number of aliphatic hydroxyl groups is 1. The largest absolute Gasteiger partial charge is 0.394 e. The van der Waals surface area contributed by atoms with Crippen molar-refractivity contribution in [3.8, 4) is 0 Å². The maximum absolute atomic E-state index is 14.5. The van der Waals surface area contributed by atoms with Gasteiger partial charge in [-0.15, -0.1) is 11.8 Å². The van der Waals surface area contributed by atoms with Gasteiger partial charge in [-0.25, -0.2) is 0 Å². The van der Waals surface area contributed by atoms with Crippen LogP contribution in [0.1, 0.15) is 65.0 Å². The molecular weight excluding hydrogens is 546 g/mol. The molecule has 6 atom stereocenters. The van der Waals surface area contributed by atoms with Crippen molar-refractivity contribution in [3.05, 3.63) is 71.8 Å². The van der Waals surface area contributed by atoms with Crippen LogP contribution in [0.4, 0.5) is 0 Å². The lowest BCUT2D eigenvalue weighted by Gasteiger charge is -2.40. The standard InChI is InChI=1S/C34H45N3O4S/c1-32(2,3)21-33(4,5)36-30(40)28-34-17-16-25(42-34)26(29(39)35-19-23-14-10-7-11-15-23)27(34)31(41)37(28)24(20-38)18-22-12-8-6-9-13-22/h6-15,24-28,38H,16-21H2,1-5H3,(H,35,39)(H,36,40)/t24-,25+,26-,27+,28?,34?/m1/s1. The predicted molar refractivity (Wildman–Crippen MR) is 167 cm³/mol. The van der Waals surface area contributed by atoms with Crippen molar-refractivity contribution in [3.63, 3.8) is 0 Å². The minimum absolute atomic E-state index is 0.00771. The van der Waals surface area contributed by atoms with Gasteiger partial charge in [0.15, 0.2) is 0 Å². The summed E-state index contributed by atoms with van der Waals surface area (Å²) in [5.41, 5.74) is 1.48. The van der Waals surface area contributed by atoms with Crippen LogP contribution in [0.25, 0.3) is 0 Å². The van der Waals surface area contributed by atoms with E-state index in [1.165, 1.54) is 0 Å². The van der Waals surface area contributed by atoms with E-state index < -0.39 is 34.2 Å². The van der Waals surface area contributed by atoms with Gasteiger partial charge in [0.2, 0.25) is 17.7 Å². The maximum atomic E-state index is 14.5. The van der Waals surface area contributed by atoms with Crippen LogP contribution in [0.15, 0.2) is 60.7 Å². The van der Waals surface area contributed by atoms with E-state index in [4.69, 9.17) is 0 Å². The first kappa shape index (κ1) is 30.6. The Kier molecular flexibility index (Phi) is 8.52. The molecule has 2 aromatic carbocycles. The van der Waals surface area contributed by atoms with E-state index in [0.29, 0.717) is 19.4 Å². The summed E-state index contributed by atoms with van der Waals surface area (Å²) in [4.78, 5) is 44.3. The van der Waals surface area contributed by atoms with E-state index >= 15 is 0 Å². The van der Waals surface area contributed by atoms with Crippen molar-refractivity contribution >= 4 is 29.5 Å². The zero-order valence-corrected chi connectivity index (χ0v) is 26.2. The lowest BCUT2D eigenvalue weighted by molar-refractivity contribution is -0.143. The Hall–Kier alpha value is -2.84. The molecule has 2 aromatic rings. The number of carbonyl (C=O) groups is 3. The summed E-state index contributed by atoms with van der Waals surface area (Å²) in [5.74, 6) is -1.63. The molecule has 3 heterocycles. The van der Waals surface area contributed by atoms with Gasteiger partial charge < -0.3 is 20.6 Å². The SMILES string of the molecule is CC(C)(C)CC(C)(C)NC(=O)C1N([C@@H](CO)Cc2ccccc2)C(=O)[C@@H]2[C@H](C(=O)NCc3ccccc3)[C@@H]3CCC12S3. The van der Waals surface area contributed by atoms with E-state index in [-0.39, 0.29) is 35.0 Å². The van der Waals surface area contributed by atoms with Crippen molar-refractivity contribution in [2.24, 2.45) is 17.3 Å². The van der Waals surface area contributed by atoms with Gasteiger partial charge in [0.25, 0.3) is 0 Å². The van der Waals surface area contributed by atoms with Crippen molar-refractivity contribution < 1.29 is 19.5 Å². The average molecular weight is 592 g/mol. The molecule has 3 aliphatic heterocycles. The number of hydrogen-bond donors (Lipinski definition) is 3. The van der Waals surface area contributed by atoms with Crippen molar-refractivity contribution in [1.82, 2.24) is 15.5 Å². The molecule has 3 amide bonds. The maximum Gasteiger partial charge on any atom is 0.244 e. The Morgan fingerprint density at radius 3 is 2.21 bits per heavy atom. The predicted octanol–water partition coefficient (Wildman–Crippen LogP) is 4.33. The molecule has 2 bridgehead atoms. The molecule has 42 heavy (non-hydrogen) atoms. The zero-order valence-electron chi connectivity index (χ0n) is 25.4. The van der Waals surface area contributed by atoms with E-state index in [9.17, 15) is 19.5 Å². The first-order chi connectivity index (χ1) is 19.8. The highest BCUT2D eigenvalue weighted by Gasteiger charge is 2.74. The number of nitrogens with one attached hydrogen (secondary N) is 2. The number of aliphatic hydroxyl groups excluding tert-OH is 1. The number of benzene rings is 2. The van der Waals surface area contributed by atoms with Gasteiger partial charge in [-0.2, -0.15) is 0 Å². The molecule has 8 heteroatoms. The lowest BCUT2D eigenvalue weighted by atomic mass is 9.70. The fourth-order valence-electron chi connectivity index (χ4n) is 7.90. The molecule has 3 fully saturated rings. The first-order valence-corrected chi connectivity index (χ1v) is 16.0. The first-order valence-electron chi connectivity index (χ1n) is 15.1. The number of nitrogens with zero attached hydrogens (tertiary/aromatic N) is 1. The second kappa shape index (κ2) is 11.7. The van der Waals surface area contributed by atoms with Gasteiger partial charge in [0, 0.05) is 17.3 Å². The van der Waals surface area contributed by atoms with Crippen molar-refractivity contribution in [2.75, 3.05) is 6.61 Å². The van der Waals surface area contributed by atoms with Gasteiger partial charge in [0.1, 0.15) is 6.04 Å². The van der Waals surface area contributed by atoms with Gasteiger partial charge in [0.05, 0.1) is 29.2 Å². The molecular formula is C34H45N3O4S. The van der Waals surface area contributed by atoms with Gasteiger partial charge in [-0.3, -0.25) is 14.4 Å². The van der Waals surface area contributed by atoms with Crippen molar-refractivity contribution in [1.29, 1.82) is 0 Å². The molecule has 2 unspecified atom stereocenters. The van der Waals surface area contributed by atoms with E-state index in [0.717, 1.165) is 24.0 Å². The van der Waals surface area contributed by atoms with Crippen LogP contribution in [0, 0.1) is 17.3 Å². The molecule has 7 nitrogen and oxygen atoms in total. The summed E-state index contributed by atoms with van der Waals surface area (Å²) in [5, 5.41) is 17.0. The molecule has 0 aromatic heterocycles. The number of thioether (sulfide) groups is 1. The van der Waals surface area contributed by atoms with E-state index in [2.05, 4.69) is 31.4 Å². The van der Waals surface area contributed by atoms with Crippen LogP contribution in [0.2, 0.25) is 0 Å². The normalized spacial score (nSPS) is 27.6. The van der Waals surface area contributed by atoms with Crippen LogP contribution in [-0.4, -0.2) is 62.0 Å². The summed E-state index contributed by atoms with van der Waals surface area (Å²) in [6.07, 6.45) is 2.67. The van der Waals surface area contributed by atoms with Crippen LogP contribution in [-0.2, 0) is 27.3 Å². The molecule has 5 rings (SSSR count).